The van der Waals surface area contributed by atoms with E-state index in [1.165, 1.54) is 0 Å². The molecule has 160 valence electrons. The fourth-order valence-corrected chi connectivity index (χ4v) is 4.21. The summed E-state index contributed by atoms with van der Waals surface area (Å²) < 4.78 is 39.1. The Bertz CT molecular complexity index is 1140. The van der Waals surface area contributed by atoms with E-state index in [4.69, 9.17) is 9.15 Å². The molecule has 3 aromatic rings. The molecule has 0 amide bonds. The zero-order valence-electron chi connectivity index (χ0n) is 17.7. The normalized spacial score (nSPS) is 11.8. The molecule has 30 heavy (non-hydrogen) atoms. The molecule has 0 unspecified atom stereocenters. The average molecular weight is 430 g/mol. The van der Waals surface area contributed by atoms with Gasteiger partial charge in [-0.3, -0.25) is 4.72 Å². The summed E-state index contributed by atoms with van der Waals surface area (Å²) in [6.07, 6.45) is 1.70. The molecule has 3 rings (SSSR count). The van der Waals surface area contributed by atoms with Crippen LogP contribution in [0.25, 0.3) is 11.0 Å². The third-order valence-electron chi connectivity index (χ3n) is 4.91. The molecule has 0 bridgehead atoms. The van der Waals surface area contributed by atoms with Crippen LogP contribution in [0, 0.1) is 6.92 Å². The number of ether oxygens (including phenoxy) is 1. The van der Waals surface area contributed by atoms with Gasteiger partial charge in [0.05, 0.1) is 11.5 Å². The highest BCUT2D eigenvalue weighted by molar-refractivity contribution is 7.92. The van der Waals surface area contributed by atoms with Gasteiger partial charge in [0.2, 0.25) is 0 Å². The first-order valence-corrected chi connectivity index (χ1v) is 11.5. The number of unbranched alkanes of at least 4 members (excludes halogenated alkanes) is 1. The summed E-state index contributed by atoms with van der Waals surface area (Å²) >= 11 is 0. The van der Waals surface area contributed by atoms with Crippen molar-refractivity contribution in [3.8, 4) is 0 Å². The van der Waals surface area contributed by atoms with Gasteiger partial charge in [-0.05, 0) is 55.2 Å². The van der Waals surface area contributed by atoms with Gasteiger partial charge in [-0.2, -0.15) is 0 Å². The van der Waals surface area contributed by atoms with Crippen LogP contribution in [0.4, 0.5) is 5.69 Å². The Balaban J connectivity index is 1.89. The van der Waals surface area contributed by atoms with Crippen molar-refractivity contribution in [3.05, 3.63) is 59.4 Å². The van der Waals surface area contributed by atoms with Crippen LogP contribution in [0.15, 0.2) is 51.8 Å². The highest BCUT2D eigenvalue weighted by Crippen LogP contribution is 2.30. The van der Waals surface area contributed by atoms with Gasteiger partial charge in [-0.15, -0.1) is 0 Å². The van der Waals surface area contributed by atoms with Gasteiger partial charge in [0, 0.05) is 11.1 Å². The van der Waals surface area contributed by atoms with Crippen molar-refractivity contribution in [1.82, 2.24) is 0 Å². The first-order chi connectivity index (χ1) is 14.2. The molecule has 0 atom stereocenters. The summed E-state index contributed by atoms with van der Waals surface area (Å²) in [5.41, 5.74) is 2.23. The molecule has 0 aliphatic carbocycles. The number of anilines is 1. The molecular formula is C23H27NO5S. The third-order valence-corrected chi connectivity index (χ3v) is 6.31. The van der Waals surface area contributed by atoms with E-state index in [0.717, 1.165) is 18.4 Å². The van der Waals surface area contributed by atoms with Gasteiger partial charge >= 0.3 is 5.97 Å². The lowest BCUT2D eigenvalue weighted by molar-refractivity contribution is 0.0500. The quantitative estimate of drug-likeness (QED) is 0.371. The number of fused-ring (bicyclic) bond motifs is 1. The van der Waals surface area contributed by atoms with E-state index in [1.807, 2.05) is 19.1 Å². The number of rotatable bonds is 8. The van der Waals surface area contributed by atoms with Gasteiger partial charge in [0.1, 0.15) is 16.9 Å². The second kappa shape index (κ2) is 8.92. The Morgan fingerprint density at radius 1 is 1.13 bits per heavy atom. The van der Waals surface area contributed by atoms with Crippen molar-refractivity contribution in [2.75, 3.05) is 11.3 Å². The van der Waals surface area contributed by atoms with Crippen LogP contribution < -0.4 is 4.72 Å². The van der Waals surface area contributed by atoms with Crippen molar-refractivity contribution >= 4 is 32.6 Å². The van der Waals surface area contributed by atoms with Crippen LogP contribution in [0.2, 0.25) is 0 Å². The first kappa shape index (κ1) is 21.9. The fraction of sp³-hybridized carbons (Fsp3) is 0.348. The minimum absolute atomic E-state index is 0.176. The predicted molar refractivity (Wildman–Crippen MR) is 117 cm³/mol. The lowest BCUT2D eigenvalue weighted by Crippen LogP contribution is -2.13. The van der Waals surface area contributed by atoms with Gasteiger partial charge in [0.15, 0.2) is 0 Å². The van der Waals surface area contributed by atoms with Crippen molar-refractivity contribution in [2.24, 2.45) is 0 Å². The molecule has 0 spiro atoms. The van der Waals surface area contributed by atoms with Crippen LogP contribution in [0.5, 0.6) is 0 Å². The minimum atomic E-state index is -3.77. The van der Waals surface area contributed by atoms with Crippen LogP contribution in [-0.4, -0.2) is 21.0 Å². The number of furan rings is 1. The Morgan fingerprint density at radius 2 is 1.83 bits per heavy atom. The Hall–Kier alpha value is -2.80. The largest absolute Gasteiger partial charge is 0.462 e. The van der Waals surface area contributed by atoms with Crippen molar-refractivity contribution in [3.63, 3.8) is 0 Å². The third kappa shape index (κ3) is 4.67. The Labute approximate surface area is 177 Å². The minimum Gasteiger partial charge on any atom is -0.462 e. The van der Waals surface area contributed by atoms with Gasteiger partial charge in [-0.25, -0.2) is 13.2 Å². The Kier molecular flexibility index (Phi) is 6.51. The van der Waals surface area contributed by atoms with Crippen molar-refractivity contribution in [2.45, 2.75) is 51.3 Å². The summed E-state index contributed by atoms with van der Waals surface area (Å²) in [7, 11) is -3.77. The maximum Gasteiger partial charge on any atom is 0.342 e. The average Bonchev–Trinajstić information content (AvgIpc) is 3.03. The van der Waals surface area contributed by atoms with E-state index in [2.05, 4.69) is 18.6 Å². The summed E-state index contributed by atoms with van der Waals surface area (Å²) in [6.45, 7) is 8.14. The number of esters is 1. The van der Waals surface area contributed by atoms with Gasteiger partial charge in [0.25, 0.3) is 10.0 Å². The second-order valence-electron chi connectivity index (χ2n) is 7.56. The first-order valence-electron chi connectivity index (χ1n) is 10.1. The topological polar surface area (TPSA) is 85.6 Å². The smallest absolute Gasteiger partial charge is 0.342 e. The number of carbonyl (C=O) groups excluding carboxylic acids is 1. The van der Waals surface area contributed by atoms with E-state index in [0.29, 0.717) is 40.5 Å². The maximum absolute atomic E-state index is 12.8. The van der Waals surface area contributed by atoms with E-state index >= 15 is 0 Å². The predicted octanol–water partition coefficient (Wildman–Crippen LogP) is 5.62. The number of sulfonamides is 1. The molecule has 0 radical (unpaired) electrons. The number of benzene rings is 2. The highest BCUT2D eigenvalue weighted by Gasteiger charge is 2.21. The number of hydrogen-bond donors (Lipinski definition) is 1. The van der Waals surface area contributed by atoms with Crippen LogP contribution >= 0.6 is 0 Å². The second-order valence-corrected chi connectivity index (χ2v) is 9.25. The zero-order valence-corrected chi connectivity index (χ0v) is 18.5. The number of aryl methyl sites for hydroxylation is 1. The molecule has 0 saturated carbocycles. The van der Waals surface area contributed by atoms with Crippen molar-refractivity contribution < 1.29 is 22.4 Å². The van der Waals surface area contributed by atoms with Crippen LogP contribution in [0.1, 0.15) is 61.2 Å². The lowest BCUT2D eigenvalue weighted by atomic mass is 10.0. The Morgan fingerprint density at radius 3 is 2.47 bits per heavy atom. The standard InChI is InChI=1S/C23H27NO5S/c1-5-6-13-28-23(25)22-16(4)29-21-12-9-18(14-20(21)22)24-30(26,27)19-10-7-17(8-11-19)15(2)3/h7-12,14-15,24H,5-6,13H2,1-4H3. The summed E-state index contributed by atoms with van der Waals surface area (Å²) in [5.74, 6) is 0.289. The molecule has 6 nitrogen and oxygen atoms in total. The fourth-order valence-electron chi connectivity index (χ4n) is 3.16. The van der Waals surface area contributed by atoms with Crippen LogP contribution in [-0.2, 0) is 14.8 Å². The molecule has 0 saturated heterocycles. The van der Waals surface area contributed by atoms with Crippen LogP contribution in [0.3, 0.4) is 0 Å². The van der Waals surface area contributed by atoms with Gasteiger partial charge < -0.3 is 9.15 Å². The monoisotopic (exact) mass is 429 g/mol. The van der Waals surface area contributed by atoms with E-state index < -0.39 is 16.0 Å². The molecule has 0 fully saturated rings. The van der Waals surface area contributed by atoms with E-state index in [1.54, 1.807) is 37.3 Å². The van der Waals surface area contributed by atoms with Crippen molar-refractivity contribution in [1.29, 1.82) is 0 Å². The molecule has 2 aromatic carbocycles. The molecule has 0 aliphatic rings. The molecular weight excluding hydrogens is 402 g/mol. The molecule has 1 N–H and O–H groups in total. The number of carbonyl (C=O) groups is 1. The van der Waals surface area contributed by atoms with Gasteiger partial charge in [-0.1, -0.05) is 39.3 Å². The lowest BCUT2D eigenvalue weighted by Gasteiger charge is -2.10. The van der Waals surface area contributed by atoms with E-state index in [9.17, 15) is 13.2 Å². The van der Waals surface area contributed by atoms with E-state index in [-0.39, 0.29) is 4.90 Å². The highest BCUT2D eigenvalue weighted by atomic mass is 32.2. The summed E-state index contributed by atoms with van der Waals surface area (Å²) in [5, 5.41) is 0.518. The molecule has 0 aliphatic heterocycles. The molecule has 1 heterocycles. The summed E-state index contributed by atoms with van der Waals surface area (Å²) in [4.78, 5) is 12.7. The maximum atomic E-state index is 12.8. The molecule has 1 aromatic heterocycles. The molecule has 7 heteroatoms. The summed E-state index contributed by atoms with van der Waals surface area (Å²) in [6, 6.07) is 11.7. The number of hydrogen-bond acceptors (Lipinski definition) is 5. The SMILES string of the molecule is CCCCOC(=O)c1c(C)oc2ccc(NS(=O)(=O)c3ccc(C(C)C)cc3)cc12. The number of nitrogens with one attached hydrogen (secondary N) is 1. The zero-order chi connectivity index (χ0) is 21.9.